The topological polar surface area (TPSA) is 59.4 Å². The molecule has 72 valence electrons. The molecular formula is C8H9N5S. The number of hydrogen-bond acceptors (Lipinski definition) is 4. The lowest BCUT2D eigenvalue weighted by atomic mass is 10.2. The minimum absolute atomic E-state index is 0.455. The van der Waals surface area contributed by atoms with Crippen LogP contribution in [0.3, 0.4) is 0 Å². The zero-order valence-corrected chi connectivity index (χ0v) is 8.67. The van der Waals surface area contributed by atoms with Crippen LogP contribution < -0.4 is 0 Å². The van der Waals surface area contributed by atoms with Crippen molar-refractivity contribution in [2.24, 2.45) is 7.05 Å². The van der Waals surface area contributed by atoms with Gasteiger partial charge in [0.1, 0.15) is 5.69 Å². The fraction of sp³-hybridized carbons (Fsp3) is 0.250. The van der Waals surface area contributed by atoms with Crippen molar-refractivity contribution in [3.8, 4) is 11.4 Å². The fourth-order valence-electron chi connectivity index (χ4n) is 1.18. The standard InChI is InChI=1S/C8H9N5S/c1-5-3-9-8(14)11-7(5)6-4-10-13(2)12-6/h3-4H,1-2H3,(H,9,11,14). The first-order valence-corrected chi connectivity index (χ1v) is 4.50. The van der Waals surface area contributed by atoms with Crippen LogP contribution in [0.5, 0.6) is 0 Å². The molecule has 0 radical (unpaired) electrons. The smallest absolute Gasteiger partial charge is 0.197 e. The number of aromatic amines is 1. The molecule has 0 atom stereocenters. The number of rotatable bonds is 1. The molecule has 5 nitrogen and oxygen atoms in total. The number of nitrogens with one attached hydrogen (secondary N) is 1. The van der Waals surface area contributed by atoms with E-state index in [2.05, 4.69) is 20.2 Å². The Labute approximate surface area is 85.8 Å². The van der Waals surface area contributed by atoms with E-state index in [0.29, 0.717) is 4.77 Å². The minimum Gasteiger partial charge on any atom is -0.329 e. The molecule has 0 aromatic carbocycles. The molecule has 0 aliphatic rings. The predicted octanol–water partition coefficient (Wildman–Crippen LogP) is 1.24. The SMILES string of the molecule is Cc1cnc(=S)[nH]c1-c1cnn(C)n1. The van der Waals surface area contributed by atoms with Crippen molar-refractivity contribution in [2.45, 2.75) is 6.92 Å². The average Bonchev–Trinajstić information content (AvgIpc) is 2.56. The van der Waals surface area contributed by atoms with E-state index in [1.807, 2.05) is 6.92 Å². The Hall–Kier alpha value is -1.56. The van der Waals surface area contributed by atoms with Crippen molar-refractivity contribution in [3.05, 3.63) is 22.7 Å². The first-order chi connectivity index (χ1) is 6.66. The van der Waals surface area contributed by atoms with Gasteiger partial charge in [0.05, 0.1) is 11.9 Å². The van der Waals surface area contributed by atoms with E-state index in [1.54, 1.807) is 19.4 Å². The van der Waals surface area contributed by atoms with Crippen LogP contribution in [0.25, 0.3) is 11.4 Å². The Morgan fingerprint density at radius 1 is 1.43 bits per heavy atom. The molecule has 0 unspecified atom stereocenters. The van der Waals surface area contributed by atoms with Gasteiger partial charge in [-0.15, -0.1) is 0 Å². The van der Waals surface area contributed by atoms with Crippen molar-refractivity contribution in [1.29, 1.82) is 0 Å². The molecule has 1 N–H and O–H groups in total. The second-order valence-electron chi connectivity index (χ2n) is 2.97. The highest BCUT2D eigenvalue weighted by molar-refractivity contribution is 7.71. The maximum absolute atomic E-state index is 4.94. The summed E-state index contributed by atoms with van der Waals surface area (Å²) in [4.78, 5) is 8.48. The highest BCUT2D eigenvalue weighted by Crippen LogP contribution is 2.15. The van der Waals surface area contributed by atoms with Crippen molar-refractivity contribution < 1.29 is 0 Å². The van der Waals surface area contributed by atoms with Gasteiger partial charge in [-0.25, -0.2) is 4.98 Å². The second kappa shape index (κ2) is 3.30. The highest BCUT2D eigenvalue weighted by atomic mass is 32.1. The van der Waals surface area contributed by atoms with Gasteiger partial charge in [0.25, 0.3) is 0 Å². The molecule has 0 saturated carbocycles. The van der Waals surface area contributed by atoms with Gasteiger partial charge in [-0.2, -0.15) is 15.0 Å². The maximum atomic E-state index is 4.94. The monoisotopic (exact) mass is 207 g/mol. The van der Waals surface area contributed by atoms with Crippen LogP contribution in [-0.2, 0) is 7.05 Å². The molecule has 6 heteroatoms. The van der Waals surface area contributed by atoms with Crippen molar-refractivity contribution in [3.63, 3.8) is 0 Å². The van der Waals surface area contributed by atoms with Crippen LogP contribution in [0.4, 0.5) is 0 Å². The van der Waals surface area contributed by atoms with Crippen molar-refractivity contribution >= 4 is 12.2 Å². The van der Waals surface area contributed by atoms with E-state index in [-0.39, 0.29) is 0 Å². The van der Waals surface area contributed by atoms with E-state index >= 15 is 0 Å². The summed E-state index contributed by atoms with van der Waals surface area (Å²) < 4.78 is 0.455. The molecule has 0 fully saturated rings. The van der Waals surface area contributed by atoms with Crippen molar-refractivity contribution in [1.82, 2.24) is 25.0 Å². The third kappa shape index (κ3) is 1.56. The highest BCUT2D eigenvalue weighted by Gasteiger charge is 2.05. The molecule has 14 heavy (non-hydrogen) atoms. The summed E-state index contributed by atoms with van der Waals surface area (Å²) >= 11 is 4.94. The van der Waals surface area contributed by atoms with Crippen molar-refractivity contribution in [2.75, 3.05) is 0 Å². The molecule has 0 aliphatic carbocycles. The van der Waals surface area contributed by atoms with Gasteiger partial charge in [0.15, 0.2) is 4.77 Å². The van der Waals surface area contributed by atoms with Gasteiger partial charge < -0.3 is 4.98 Å². The quantitative estimate of drug-likeness (QED) is 0.715. The molecule has 2 aromatic rings. The molecule has 2 rings (SSSR count). The first kappa shape index (κ1) is 9.01. The van der Waals surface area contributed by atoms with Gasteiger partial charge in [0, 0.05) is 13.2 Å². The lowest BCUT2D eigenvalue weighted by Crippen LogP contribution is -1.94. The third-order valence-electron chi connectivity index (χ3n) is 1.86. The number of aromatic nitrogens is 5. The predicted molar refractivity (Wildman–Crippen MR) is 54.2 cm³/mol. The van der Waals surface area contributed by atoms with Crippen LogP contribution in [0.2, 0.25) is 0 Å². The van der Waals surface area contributed by atoms with Gasteiger partial charge >= 0.3 is 0 Å². The minimum atomic E-state index is 0.455. The van der Waals surface area contributed by atoms with Gasteiger partial charge in [-0.05, 0) is 24.7 Å². The van der Waals surface area contributed by atoms with Crippen LogP contribution in [0, 0.1) is 11.7 Å². The van der Waals surface area contributed by atoms with Gasteiger partial charge in [0.2, 0.25) is 0 Å². The van der Waals surface area contributed by atoms with Crippen LogP contribution in [0.15, 0.2) is 12.4 Å². The zero-order chi connectivity index (χ0) is 10.1. The molecule has 0 saturated heterocycles. The Morgan fingerprint density at radius 2 is 2.21 bits per heavy atom. The number of H-pyrrole nitrogens is 1. The Bertz CT molecular complexity index is 512. The zero-order valence-electron chi connectivity index (χ0n) is 7.85. The summed E-state index contributed by atoms with van der Waals surface area (Å²) in [5.41, 5.74) is 2.65. The first-order valence-electron chi connectivity index (χ1n) is 4.09. The summed E-state index contributed by atoms with van der Waals surface area (Å²) in [7, 11) is 1.77. The van der Waals surface area contributed by atoms with Crippen LogP contribution in [0.1, 0.15) is 5.56 Å². The molecule has 2 aromatic heterocycles. The summed E-state index contributed by atoms with van der Waals surface area (Å²) in [5, 5.41) is 8.18. The molecule has 0 bridgehead atoms. The molecular weight excluding hydrogens is 198 g/mol. The van der Waals surface area contributed by atoms with Crippen LogP contribution >= 0.6 is 12.2 Å². The van der Waals surface area contributed by atoms with E-state index in [9.17, 15) is 0 Å². The Morgan fingerprint density at radius 3 is 2.86 bits per heavy atom. The molecule has 0 amide bonds. The summed E-state index contributed by atoms with van der Waals surface area (Å²) in [6.45, 7) is 1.95. The molecule has 0 spiro atoms. The lowest BCUT2D eigenvalue weighted by Gasteiger charge is -1.99. The summed E-state index contributed by atoms with van der Waals surface area (Å²) in [6, 6.07) is 0. The summed E-state index contributed by atoms with van der Waals surface area (Å²) in [5.74, 6) is 0. The number of hydrogen-bond donors (Lipinski definition) is 1. The van der Waals surface area contributed by atoms with Crippen LogP contribution in [-0.4, -0.2) is 25.0 Å². The summed E-state index contributed by atoms with van der Waals surface area (Å²) in [6.07, 6.45) is 3.41. The number of nitrogens with zero attached hydrogens (tertiary/aromatic N) is 4. The van der Waals surface area contributed by atoms with E-state index in [1.165, 1.54) is 4.80 Å². The van der Waals surface area contributed by atoms with E-state index < -0.39 is 0 Å². The Kier molecular flexibility index (Phi) is 2.12. The van der Waals surface area contributed by atoms with Gasteiger partial charge in [-0.1, -0.05) is 0 Å². The maximum Gasteiger partial charge on any atom is 0.197 e. The fourth-order valence-corrected chi connectivity index (χ4v) is 1.34. The van der Waals surface area contributed by atoms with Gasteiger partial charge in [-0.3, -0.25) is 0 Å². The Balaban J connectivity index is 2.61. The molecule has 0 aliphatic heterocycles. The third-order valence-corrected chi connectivity index (χ3v) is 2.06. The number of aryl methyl sites for hydroxylation is 2. The van der Waals surface area contributed by atoms with E-state index in [4.69, 9.17) is 12.2 Å². The average molecular weight is 207 g/mol. The lowest BCUT2D eigenvalue weighted by molar-refractivity contribution is 0.655. The largest absolute Gasteiger partial charge is 0.329 e. The molecule has 2 heterocycles. The normalized spacial score (nSPS) is 10.4. The van der Waals surface area contributed by atoms with E-state index in [0.717, 1.165) is 17.0 Å². The second-order valence-corrected chi connectivity index (χ2v) is 3.35.